The maximum Gasteiger partial charge on any atom is 0.123 e. The minimum Gasteiger partial charge on any atom is -0.313 e. The number of nitrogens with zero attached hydrogens (tertiary/aromatic N) is 1. The zero-order chi connectivity index (χ0) is 23.1. The highest BCUT2D eigenvalue weighted by atomic mass is 19.1. The Bertz CT molecular complexity index is 859. The van der Waals surface area contributed by atoms with Gasteiger partial charge in [0, 0.05) is 18.8 Å². The number of rotatable bonds is 9. The molecule has 0 spiro atoms. The van der Waals surface area contributed by atoms with Crippen molar-refractivity contribution in [3.05, 3.63) is 101 Å². The van der Waals surface area contributed by atoms with Crippen molar-refractivity contribution in [2.75, 3.05) is 13.6 Å². The second-order valence-corrected chi connectivity index (χ2v) is 7.44. The van der Waals surface area contributed by atoms with Gasteiger partial charge in [-0.3, -0.25) is 4.99 Å². The third-order valence-electron chi connectivity index (χ3n) is 4.97. The number of halogens is 1. The highest BCUT2D eigenvalue weighted by Crippen LogP contribution is 2.21. The molecule has 2 nitrogen and oxygen atoms in total. The summed E-state index contributed by atoms with van der Waals surface area (Å²) in [6.07, 6.45) is 9.70. The van der Waals surface area contributed by atoms with Crippen LogP contribution in [0.4, 0.5) is 4.39 Å². The molecule has 1 unspecified atom stereocenters. The number of likely N-dealkylation sites (N-methyl/N-ethyl adjacent to an activating group) is 1. The van der Waals surface area contributed by atoms with Crippen molar-refractivity contribution in [2.45, 2.75) is 46.6 Å². The fourth-order valence-electron chi connectivity index (χ4n) is 2.90. The number of allylic oxidation sites excluding steroid dienone is 3. The van der Waals surface area contributed by atoms with Crippen LogP contribution in [0.1, 0.15) is 43.9 Å². The molecule has 0 amide bonds. The summed E-state index contributed by atoms with van der Waals surface area (Å²) in [5, 5.41) is 3.30. The summed E-state index contributed by atoms with van der Waals surface area (Å²) in [7, 11) is 1.93. The van der Waals surface area contributed by atoms with Gasteiger partial charge in [0.25, 0.3) is 0 Å². The van der Waals surface area contributed by atoms with E-state index in [0.29, 0.717) is 0 Å². The van der Waals surface area contributed by atoms with Crippen LogP contribution in [-0.2, 0) is 6.42 Å². The summed E-state index contributed by atoms with van der Waals surface area (Å²) >= 11 is 0. The molecule has 0 heterocycles. The van der Waals surface area contributed by atoms with Gasteiger partial charge in [-0.2, -0.15) is 0 Å². The molecule has 0 aliphatic carbocycles. The maximum absolute atomic E-state index is 13.0. The van der Waals surface area contributed by atoms with Gasteiger partial charge >= 0.3 is 0 Å². The van der Waals surface area contributed by atoms with Crippen molar-refractivity contribution < 1.29 is 4.39 Å². The maximum atomic E-state index is 13.0. The largest absolute Gasteiger partial charge is 0.313 e. The minimum absolute atomic E-state index is 0.199. The van der Waals surface area contributed by atoms with Crippen LogP contribution in [0.3, 0.4) is 0 Å². The predicted molar refractivity (Wildman–Crippen MR) is 135 cm³/mol. The van der Waals surface area contributed by atoms with E-state index in [1.165, 1.54) is 28.8 Å². The number of nitrogens with one attached hydrogen (secondary N) is 1. The molecule has 0 saturated heterocycles. The molecule has 0 radical (unpaired) electrons. The predicted octanol–water partition coefficient (Wildman–Crippen LogP) is 6.97. The van der Waals surface area contributed by atoms with E-state index in [9.17, 15) is 4.39 Å². The first kappa shape index (κ1) is 26.3. The molecule has 0 fully saturated rings. The Kier molecular flexibility index (Phi) is 12.8. The Morgan fingerprint density at radius 2 is 1.71 bits per heavy atom. The van der Waals surface area contributed by atoms with E-state index >= 15 is 0 Å². The third kappa shape index (κ3) is 10.7. The minimum atomic E-state index is -0.225. The Morgan fingerprint density at radius 3 is 2.26 bits per heavy atom. The van der Waals surface area contributed by atoms with Gasteiger partial charge < -0.3 is 5.32 Å². The van der Waals surface area contributed by atoms with Crippen LogP contribution in [-0.4, -0.2) is 25.8 Å². The van der Waals surface area contributed by atoms with Crippen LogP contribution in [0.2, 0.25) is 0 Å². The molecule has 1 N–H and O–H groups in total. The lowest BCUT2D eigenvalue weighted by Crippen LogP contribution is -2.26. The first-order valence-corrected chi connectivity index (χ1v) is 10.9. The number of hydrogen-bond donors (Lipinski definition) is 1. The average Bonchev–Trinajstić information content (AvgIpc) is 2.78. The second-order valence-electron chi connectivity index (χ2n) is 7.44. The Labute approximate surface area is 188 Å². The van der Waals surface area contributed by atoms with E-state index < -0.39 is 0 Å². The van der Waals surface area contributed by atoms with Gasteiger partial charge in [-0.25, -0.2) is 4.39 Å². The van der Waals surface area contributed by atoms with Gasteiger partial charge in [-0.05, 0) is 75.6 Å². The van der Waals surface area contributed by atoms with E-state index in [1.54, 1.807) is 18.3 Å². The number of aryl methyl sites for hydroxylation is 2. The first-order chi connectivity index (χ1) is 14.9. The van der Waals surface area contributed by atoms with E-state index in [0.717, 1.165) is 30.5 Å². The molecule has 2 rings (SSSR count). The van der Waals surface area contributed by atoms with Gasteiger partial charge in [0.1, 0.15) is 5.82 Å². The van der Waals surface area contributed by atoms with Gasteiger partial charge in [0.2, 0.25) is 0 Å². The van der Waals surface area contributed by atoms with Crippen molar-refractivity contribution in [1.82, 2.24) is 5.32 Å². The molecule has 3 heteroatoms. The normalized spacial score (nSPS) is 12.6. The van der Waals surface area contributed by atoms with Crippen LogP contribution in [0.15, 0.2) is 83.9 Å². The van der Waals surface area contributed by atoms with Crippen molar-refractivity contribution in [3.8, 4) is 0 Å². The lowest BCUT2D eigenvalue weighted by atomic mass is 9.96. The van der Waals surface area contributed by atoms with Gasteiger partial charge in [0.15, 0.2) is 0 Å². The number of aliphatic imine (C=N–C) groups is 1. The average molecular weight is 421 g/mol. The molecule has 166 valence electrons. The Balaban J connectivity index is 0.000000442. The lowest BCUT2D eigenvalue weighted by Gasteiger charge is -2.18. The fourth-order valence-corrected chi connectivity index (χ4v) is 2.90. The molecule has 0 aliphatic heterocycles. The molecule has 2 aromatic carbocycles. The van der Waals surface area contributed by atoms with Crippen LogP contribution in [0.25, 0.3) is 5.57 Å². The van der Waals surface area contributed by atoms with Crippen molar-refractivity contribution in [2.24, 2.45) is 4.99 Å². The summed E-state index contributed by atoms with van der Waals surface area (Å²) in [5.74, 6) is -0.225. The molecule has 0 aliphatic rings. The SMILES string of the molecule is C=C(CC(NC)/C(C)=C/C=C\C=NCC)c1ccc(F)cc1.CCc1ccc(C)cc1. The number of hydrogen-bond acceptors (Lipinski definition) is 2. The fraction of sp³-hybridized carbons (Fsp3) is 0.321. The van der Waals surface area contributed by atoms with Gasteiger partial charge in [-0.15, -0.1) is 0 Å². The van der Waals surface area contributed by atoms with Crippen LogP contribution in [0.5, 0.6) is 0 Å². The van der Waals surface area contributed by atoms with E-state index in [2.05, 4.69) is 68.0 Å². The molecular formula is C28H37FN2. The molecule has 31 heavy (non-hydrogen) atoms. The summed E-state index contributed by atoms with van der Waals surface area (Å²) in [6, 6.07) is 15.3. The summed E-state index contributed by atoms with van der Waals surface area (Å²) < 4.78 is 13.0. The van der Waals surface area contributed by atoms with Crippen LogP contribution < -0.4 is 5.32 Å². The van der Waals surface area contributed by atoms with Crippen LogP contribution in [0, 0.1) is 12.7 Å². The van der Waals surface area contributed by atoms with E-state index in [-0.39, 0.29) is 11.9 Å². The zero-order valence-corrected chi connectivity index (χ0v) is 19.7. The van der Waals surface area contributed by atoms with Gasteiger partial charge in [0.05, 0.1) is 0 Å². The smallest absolute Gasteiger partial charge is 0.123 e. The molecular weight excluding hydrogens is 383 g/mol. The first-order valence-electron chi connectivity index (χ1n) is 10.9. The summed E-state index contributed by atoms with van der Waals surface area (Å²) in [4.78, 5) is 4.13. The topological polar surface area (TPSA) is 24.4 Å². The second kappa shape index (κ2) is 15.1. The highest BCUT2D eigenvalue weighted by Gasteiger charge is 2.10. The van der Waals surface area contributed by atoms with Gasteiger partial charge in [-0.1, -0.05) is 73.2 Å². The highest BCUT2D eigenvalue weighted by molar-refractivity contribution is 5.71. The summed E-state index contributed by atoms with van der Waals surface area (Å²) in [6.45, 7) is 13.3. The van der Waals surface area contributed by atoms with E-state index in [1.807, 2.05) is 26.1 Å². The zero-order valence-electron chi connectivity index (χ0n) is 19.7. The Hall–Kier alpha value is -2.78. The quantitative estimate of drug-likeness (QED) is 0.344. The monoisotopic (exact) mass is 420 g/mol. The summed E-state index contributed by atoms with van der Waals surface area (Å²) in [5.41, 5.74) is 5.93. The van der Waals surface area contributed by atoms with Crippen molar-refractivity contribution >= 4 is 11.8 Å². The number of benzene rings is 2. The van der Waals surface area contributed by atoms with E-state index in [4.69, 9.17) is 0 Å². The van der Waals surface area contributed by atoms with Crippen LogP contribution >= 0.6 is 0 Å². The molecule has 0 saturated carbocycles. The molecule has 0 bridgehead atoms. The molecule has 1 atom stereocenters. The lowest BCUT2D eigenvalue weighted by molar-refractivity contribution is 0.627. The molecule has 0 aromatic heterocycles. The standard InChI is InChI=1S/C19H25FN2.C9H12/c1-5-22-13-7-6-8-15(2)19(21-4)14-16(3)17-9-11-18(20)12-10-17;1-3-9-6-4-8(2)5-7-9/h6-13,19,21H,3,5,14H2,1-2,4H3;4-7H,3H2,1-2H3/b7-6-,15-8+,22-13?;. The van der Waals surface area contributed by atoms with Crippen molar-refractivity contribution in [1.29, 1.82) is 0 Å². The Morgan fingerprint density at radius 1 is 1.06 bits per heavy atom. The van der Waals surface area contributed by atoms with Crippen molar-refractivity contribution in [3.63, 3.8) is 0 Å². The molecule has 2 aromatic rings. The third-order valence-corrected chi connectivity index (χ3v) is 4.97.